The fourth-order valence-corrected chi connectivity index (χ4v) is 2.93. The fraction of sp³-hybridized carbons (Fsp3) is 0.529. The number of aryl methyl sites for hydroxylation is 2. The van der Waals surface area contributed by atoms with Gasteiger partial charge in [-0.1, -0.05) is 18.2 Å². The number of carbonyl (C=O) groups excluding carboxylic acids is 1. The van der Waals surface area contributed by atoms with Crippen molar-refractivity contribution >= 4 is 11.9 Å². The van der Waals surface area contributed by atoms with E-state index in [-0.39, 0.29) is 12.3 Å². The first-order valence-corrected chi connectivity index (χ1v) is 7.49. The number of fused-ring (bicyclic) bond motifs is 1. The summed E-state index contributed by atoms with van der Waals surface area (Å²) in [5.74, 6) is -1.04. The van der Waals surface area contributed by atoms with E-state index in [4.69, 9.17) is 5.11 Å². The van der Waals surface area contributed by atoms with Crippen LogP contribution in [0.15, 0.2) is 18.2 Å². The maximum absolute atomic E-state index is 12.1. The van der Waals surface area contributed by atoms with E-state index in [9.17, 15) is 9.59 Å². The molecule has 0 bridgehead atoms. The Balaban J connectivity index is 1.98. The molecule has 114 valence electrons. The van der Waals surface area contributed by atoms with Crippen molar-refractivity contribution in [2.24, 2.45) is 0 Å². The van der Waals surface area contributed by atoms with Gasteiger partial charge in [0.2, 0.25) is 5.91 Å². The van der Waals surface area contributed by atoms with Crippen molar-refractivity contribution in [1.82, 2.24) is 5.32 Å². The minimum Gasteiger partial charge on any atom is -0.481 e. The molecule has 1 aliphatic carbocycles. The number of benzene rings is 1. The molecule has 1 aromatic rings. The van der Waals surface area contributed by atoms with Gasteiger partial charge < -0.3 is 10.4 Å². The zero-order chi connectivity index (χ0) is 15.5. The molecule has 0 saturated carbocycles. The second-order valence-electron chi connectivity index (χ2n) is 6.49. The number of nitrogens with one attached hydrogen (secondary N) is 1. The Morgan fingerprint density at radius 3 is 2.52 bits per heavy atom. The van der Waals surface area contributed by atoms with Gasteiger partial charge in [-0.2, -0.15) is 0 Å². The predicted octanol–water partition coefficient (Wildman–Crippen LogP) is 2.48. The van der Waals surface area contributed by atoms with Crippen LogP contribution in [-0.2, 0) is 28.9 Å². The zero-order valence-electron chi connectivity index (χ0n) is 12.7. The highest BCUT2D eigenvalue weighted by molar-refractivity contribution is 5.80. The van der Waals surface area contributed by atoms with E-state index in [1.54, 1.807) is 13.8 Å². The lowest BCUT2D eigenvalue weighted by molar-refractivity contribution is -0.138. The summed E-state index contributed by atoms with van der Waals surface area (Å²) < 4.78 is 0. The highest BCUT2D eigenvalue weighted by atomic mass is 16.4. The molecule has 0 aliphatic heterocycles. The van der Waals surface area contributed by atoms with E-state index in [1.807, 2.05) is 6.07 Å². The van der Waals surface area contributed by atoms with Crippen LogP contribution in [0.4, 0.5) is 0 Å². The molecule has 4 heteroatoms. The third kappa shape index (κ3) is 4.59. The first-order valence-electron chi connectivity index (χ1n) is 7.49. The van der Waals surface area contributed by atoms with E-state index >= 15 is 0 Å². The average Bonchev–Trinajstić information content (AvgIpc) is 2.36. The van der Waals surface area contributed by atoms with Crippen molar-refractivity contribution in [1.29, 1.82) is 0 Å². The first kappa shape index (κ1) is 15.5. The molecule has 1 amide bonds. The predicted molar refractivity (Wildman–Crippen MR) is 81.3 cm³/mol. The molecule has 4 nitrogen and oxygen atoms in total. The number of carboxylic acids is 1. The molecule has 0 fully saturated rings. The monoisotopic (exact) mass is 289 g/mol. The number of amides is 1. The molecule has 0 saturated heterocycles. The summed E-state index contributed by atoms with van der Waals surface area (Å²) in [6.07, 6.45) is 4.91. The maximum atomic E-state index is 12.1. The molecular weight excluding hydrogens is 266 g/mol. The third-order valence-corrected chi connectivity index (χ3v) is 3.85. The van der Waals surface area contributed by atoms with Crippen LogP contribution >= 0.6 is 0 Å². The molecule has 0 atom stereocenters. The van der Waals surface area contributed by atoms with Gasteiger partial charge >= 0.3 is 5.97 Å². The van der Waals surface area contributed by atoms with Crippen molar-refractivity contribution in [3.63, 3.8) is 0 Å². The van der Waals surface area contributed by atoms with Crippen LogP contribution in [0, 0.1) is 0 Å². The topological polar surface area (TPSA) is 66.4 Å². The van der Waals surface area contributed by atoms with Crippen molar-refractivity contribution < 1.29 is 14.7 Å². The standard InChI is InChI=1S/C17H23NO3/c1-17(2,11-16(20)21)18-15(19)10-12-7-8-13-5-3-4-6-14(13)9-12/h7-9H,3-6,10-11H2,1-2H3,(H,18,19)(H,20,21). The second kappa shape index (κ2) is 6.29. The van der Waals surface area contributed by atoms with Crippen LogP contribution in [0.2, 0.25) is 0 Å². The highest BCUT2D eigenvalue weighted by Crippen LogP contribution is 2.22. The highest BCUT2D eigenvalue weighted by Gasteiger charge is 2.23. The minimum absolute atomic E-state index is 0.0804. The number of hydrogen-bond acceptors (Lipinski definition) is 2. The van der Waals surface area contributed by atoms with Crippen LogP contribution in [0.3, 0.4) is 0 Å². The van der Waals surface area contributed by atoms with Crippen LogP contribution < -0.4 is 5.32 Å². The van der Waals surface area contributed by atoms with Crippen molar-refractivity contribution in [2.45, 2.75) is 57.9 Å². The Hall–Kier alpha value is -1.84. The summed E-state index contributed by atoms with van der Waals surface area (Å²) in [6.45, 7) is 3.46. The average molecular weight is 289 g/mol. The van der Waals surface area contributed by atoms with Crippen molar-refractivity contribution in [3.8, 4) is 0 Å². The number of hydrogen-bond donors (Lipinski definition) is 2. The van der Waals surface area contributed by atoms with Crippen molar-refractivity contribution in [2.75, 3.05) is 0 Å². The van der Waals surface area contributed by atoms with Gasteiger partial charge in [-0.25, -0.2) is 0 Å². The lowest BCUT2D eigenvalue weighted by atomic mass is 9.90. The largest absolute Gasteiger partial charge is 0.481 e. The summed E-state index contributed by atoms with van der Waals surface area (Å²) >= 11 is 0. The third-order valence-electron chi connectivity index (χ3n) is 3.85. The Kier molecular flexibility index (Phi) is 4.66. The Labute approximate surface area is 125 Å². The number of carbonyl (C=O) groups is 2. The van der Waals surface area contributed by atoms with Crippen LogP contribution in [0.5, 0.6) is 0 Å². The Morgan fingerprint density at radius 1 is 1.19 bits per heavy atom. The zero-order valence-corrected chi connectivity index (χ0v) is 12.7. The van der Waals surface area contributed by atoms with Gasteiger partial charge in [-0.15, -0.1) is 0 Å². The number of aliphatic carboxylic acids is 1. The summed E-state index contributed by atoms with van der Waals surface area (Å²) in [5.41, 5.74) is 3.03. The van der Waals surface area contributed by atoms with E-state index in [0.29, 0.717) is 6.42 Å². The molecule has 0 heterocycles. The molecule has 2 N–H and O–H groups in total. The molecular formula is C17H23NO3. The molecule has 1 aromatic carbocycles. The molecule has 1 aliphatic rings. The van der Waals surface area contributed by atoms with Gasteiger partial charge in [0.05, 0.1) is 12.8 Å². The molecule has 0 spiro atoms. The Morgan fingerprint density at radius 2 is 1.86 bits per heavy atom. The van der Waals surface area contributed by atoms with Crippen LogP contribution in [0.1, 0.15) is 49.8 Å². The van der Waals surface area contributed by atoms with E-state index in [1.165, 1.54) is 24.0 Å². The molecule has 2 rings (SSSR count). The van der Waals surface area contributed by atoms with E-state index in [2.05, 4.69) is 17.4 Å². The molecule has 0 unspecified atom stereocenters. The van der Waals surface area contributed by atoms with E-state index in [0.717, 1.165) is 18.4 Å². The van der Waals surface area contributed by atoms with Crippen LogP contribution in [-0.4, -0.2) is 22.5 Å². The quantitative estimate of drug-likeness (QED) is 0.875. The summed E-state index contributed by atoms with van der Waals surface area (Å²) in [5, 5.41) is 11.6. The maximum Gasteiger partial charge on any atom is 0.305 e. The lowest BCUT2D eigenvalue weighted by Crippen LogP contribution is -2.45. The minimum atomic E-state index is -0.908. The van der Waals surface area contributed by atoms with Gasteiger partial charge in [0.15, 0.2) is 0 Å². The summed E-state index contributed by atoms with van der Waals surface area (Å²) in [4.78, 5) is 22.8. The van der Waals surface area contributed by atoms with Gasteiger partial charge in [-0.3, -0.25) is 9.59 Å². The SMILES string of the molecule is CC(C)(CC(=O)O)NC(=O)Cc1ccc2c(c1)CCCC2. The molecule has 21 heavy (non-hydrogen) atoms. The fourth-order valence-electron chi connectivity index (χ4n) is 2.93. The Bertz CT molecular complexity index is 549. The van der Waals surface area contributed by atoms with Gasteiger partial charge in [0.1, 0.15) is 0 Å². The second-order valence-corrected chi connectivity index (χ2v) is 6.49. The van der Waals surface area contributed by atoms with Gasteiger partial charge in [0, 0.05) is 5.54 Å². The smallest absolute Gasteiger partial charge is 0.305 e. The van der Waals surface area contributed by atoms with Gasteiger partial charge in [0.25, 0.3) is 0 Å². The summed E-state index contributed by atoms with van der Waals surface area (Å²) in [7, 11) is 0. The van der Waals surface area contributed by atoms with Gasteiger partial charge in [-0.05, 0) is 56.2 Å². The number of carboxylic acid groups (broad SMARTS) is 1. The van der Waals surface area contributed by atoms with Crippen LogP contribution in [0.25, 0.3) is 0 Å². The lowest BCUT2D eigenvalue weighted by Gasteiger charge is -2.24. The first-order chi connectivity index (χ1) is 9.85. The summed E-state index contributed by atoms with van der Waals surface area (Å²) in [6, 6.07) is 6.26. The van der Waals surface area contributed by atoms with Crippen molar-refractivity contribution in [3.05, 3.63) is 34.9 Å². The molecule has 0 aromatic heterocycles. The molecule has 0 radical (unpaired) electrons. The van der Waals surface area contributed by atoms with E-state index < -0.39 is 11.5 Å². The number of rotatable bonds is 5. The normalized spacial score (nSPS) is 14.4.